The fraction of sp³-hybridized carbons (Fsp3) is 0.750. The molecule has 2 nitrogen and oxygen atoms in total. The first-order chi connectivity index (χ1) is 9.33. The van der Waals surface area contributed by atoms with E-state index in [4.69, 9.17) is 4.74 Å². The van der Waals surface area contributed by atoms with E-state index in [2.05, 4.69) is 31.3 Å². The third kappa shape index (κ3) is 4.59. The summed E-state index contributed by atoms with van der Waals surface area (Å²) in [6.07, 6.45) is 7.94. The Hall–Kier alpha value is -0.380. The standard InChI is InChI=1S/C16H27NOS/c1-3-14-10-11-16(19-14)15(17-4-2)9-5-7-13-8-6-12-18-13/h10-11,13,15,17H,3-9,12H2,1-2H3. The highest BCUT2D eigenvalue weighted by atomic mass is 32.1. The van der Waals surface area contributed by atoms with Crippen LogP contribution in [0.4, 0.5) is 0 Å². The van der Waals surface area contributed by atoms with Crippen molar-refractivity contribution in [3.63, 3.8) is 0 Å². The third-order valence-corrected chi connectivity index (χ3v) is 5.21. The zero-order chi connectivity index (χ0) is 13.5. The number of hydrogen-bond acceptors (Lipinski definition) is 3. The molecule has 0 aliphatic carbocycles. The van der Waals surface area contributed by atoms with Gasteiger partial charge in [0, 0.05) is 22.4 Å². The summed E-state index contributed by atoms with van der Waals surface area (Å²) in [4.78, 5) is 3.00. The Balaban J connectivity index is 1.81. The Morgan fingerprint density at radius 3 is 2.95 bits per heavy atom. The van der Waals surface area contributed by atoms with Gasteiger partial charge in [-0.05, 0) is 57.2 Å². The number of nitrogens with one attached hydrogen (secondary N) is 1. The van der Waals surface area contributed by atoms with Crippen molar-refractivity contribution in [3.8, 4) is 0 Å². The molecule has 3 heteroatoms. The van der Waals surface area contributed by atoms with Crippen molar-refractivity contribution in [2.75, 3.05) is 13.2 Å². The van der Waals surface area contributed by atoms with Gasteiger partial charge in [0.05, 0.1) is 6.10 Å². The molecule has 0 bridgehead atoms. The predicted molar refractivity (Wildman–Crippen MR) is 82.9 cm³/mol. The molecule has 2 unspecified atom stereocenters. The van der Waals surface area contributed by atoms with Crippen LogP contribution < -0.4 is 5.32 Å². The number of rotatable bonds is 8. The zero-order valence-corrected chi connectivity index (χ0v) is 13.1. The molecule has 1 fully saturated rings. The van der Waals surface area contributed by atoms with E-state index in [-0.39, 0.29) is 0 Å². The highest BCUT2D eigenvalue weighted by molar-refractivity contribution is 7.12. The van der Waals surface area contributed by atoms with Crippen LogP contribution in [0.5, 0.6) is 0 Å². The molecule has 0 aromatic carbocycles. The SMILES string of the molecule is CCNC(CCCC1CCCO1)c1ccc(CC)s1. The van der Waals surface area contributed by atoms with Crippen LogP contribution in [0.25, 0.3) is 0 Å². The lowest BCUT2D eigenvalue weighted by Crippen LogP contribution is -2.20. The second-order valence-electron chi connectivity index (χ2n) is 5.33. The highest BCUT2D eigenvalue weighted by Crippen LogP contribution is 2.28. The van der Waals surface area contributed by atoms with E-state index in [0.29, 0.717) is 12.1 Å². The van der Waals surface area contributed by atoms with Gasteiger partial charge in [-0.15, -0.1) is 11.3 Å². The van der Waals surface area contributed by atoms with Gasteiger partial charge >= 0.3 is 0 Å². The summed E-state index contributed by atoms with van der Waals surface area (Å²) >= 11 is 1.97. The Morgan fingerprint density at radius 2 is 2.32 bits per heavy atom. The Morgan fingerprint density at radius 1 is 1.42 bits per heavy atom. The average Bonchev–Trinajstić information content (AvgIpc) is 3.09. The van der Waals surface area contributed by atoms with Crippen LogP contribution in [-0.4, -0.2) is 19.3 Å². The van der Waals surface area contributed by atoms with Crippen molar-refractivity contribution in [1.29, 1.82) is 0 Å². The van der Waals surface area contributed by atoms with Crippen molar-refractivity contribution in [3.05, 3.63) is 21.9 Å². The first kappa shape index (κ1) is 15.0. The van der Waals surface area contributed by atoms with Crippen molar-refractivity contribution < 1.29 is 4.74 Å². The fourth-order valence-electron chi connectivity index (χ4n) is 2.78. The molecular weight excluding hydrogens is 254 g/mol. The molecule has 0 amide bonds. The molecule has 0 spiro atoms. The maximum atomic E-state index is 5.70. The van der Waals surface area contributed by atoms with E-state index in [1.165, 1.54) is 41.9 Å². The number of aryl methyl sites for hydroxylation is 1. The smallest absolute Gasteiger partial charge is 0.0576 e. The Kier molecular flexibility index (Phi) is 6.35. The van der Waals surface area contributed by atoms with E-state index in [0.717, 1.165) is 19.6 Å². The lowest BCUT2D eigenvalue weighted by Gasteiger charge is -2.17. The minimum absolute atomic E-state index is 0.539. The van der Waals surface area contributed by atoms with E-state index < -0.39 is 0 Å². The van der Waals surface area contributed by atoms with E-state index >= 15 is 0 Å². The Labute approximate surface area is 121 Å². The molecule has 1 saturated heterocycles. The van der Waals surface area contributed by atoms with Gasteiger partial charge in [-0.3, -0.25) is 0 Å². The second-order valence-corrected chi connectivity index (χ2v) is 6.53. The molecule has 1 aliphatic rings. The quantitative estimate of drug-likeness (QED) is 0.766. The second kappa shape index (κ2) is 8.03. The molecule has 1 aromatic heterocycles. The van der Waals surface area contributed by atoms with Crippen LogP contribution >= 0.6 is 11.3 Å². The topological polar surface area (TPSA) is 21.3 Å². The highest BCUT2D eigenvalue weighted by Gasteiger charge is 2.17. The van der Waals surface area contributed by atoms with E-state index in [1.807, 2.05) is 11.3 Å². The molecular formula is C16H27NOS. The number of thiophene rings is 1. The van der Waals surface area contributed by atoms with Crippen LogP contribution in [0, 0.1) is 0 Å². The molecule has 1 aromatic rings. The monoisotopic (exact) mass is 281 g/mol. The maximum Gasteiger partial charge on any atom is 0.0576 e. The van der Waals surface area contributed by atoms with Gasteiger partial charge in [0.1, 0.15) is 0 Å². The van der Waals surface area contributed by atoms with Gasteiger partial charge < -0.3 is 10.1 Å². The minimum atomic E-state index is 0.539. The van der Waals surface area contributed by atoms with E-state index in [1.54, 1.807) is 0 Å². The third-order valence-electron chi connectivity index (χ3n) is 3.87. The Bertz CT molecular complexity index is 357. The van der Waals surface area contributed by atoms with Crippen LogP contribution in [0.15, 0.2) is 12.1 Å². The van der Waals surface area contributed by atoms with Crippen LogP contribution in [-0.2, 0) is 11.2 Å². The van der Waals surface area contributed by atoms with Crippen LogP contribution in [0.2, 0.25) is 0 Å². The lowest BCUT2D eigenvalue weighted by atomic mass is 10.0. The minimum Gasteiger partial charge on any atom is -0.378 e. The van der Waals surface area contributed by atoms with E-state index in [9.17, 15) is 0 Å². The normalized spacial score (nSPS) is 20.8. The summed E-state index contributed by atoms with van der Waals surface area (Å²) in [7, 11) is 0. The summed E-state index contributed by atoms with van der Waals surface area (Å²) in [6.45, 7) is 6.45. The van der Waals surface area contributed by atoms with Crippen molar-refractivity contribution in [2.24, 2.45) is 0 Å². The summed E-state index contributed by atoms with van der Waals surface area (Å²) in [6, 6.07) is 5.13. The first-order valence-corrected chi connectivity index (χ1v) is 8.58. The van der Waals surface area contributed by atoms with Crippen LogP contribution in [0.3, 0.4) is 0 Å². The maximum absolute atomic E-state index is 5.70. The fourth-order valence-corrected chi connectivity index (χ4v) is 3.85. The molecule has 2 rings (SSSR count). The molecule has 2 atom stereocenters. The molecule has 2 heterocycles. The van der Waals surface area contributed by atoms with Gasteiger partial charge in [-0.2, -0.15) is 0 Å². The average molecular weight is 281 g/mol. The molecule has 0 saturated carbocycles. The summed E-state index contributed by atoms with van der Waals surface area (Å²) < 4.78 is 5.70. The summed E-state index contributed by atoms with van der Waals surface area (Å²) in [5.74, 6) is 0. The zero-order valence-electron chi connectivity index (χ0n) is 12.3. The predicted octanol–water partition coefficient (Wildman–Crippen LogP) is 4.31. The van der Waals surface area contributed by atoms with Gasteiger partial charge in [0.15, 0.2) is 0 Å². The summed E-state index contributed by atoms with van der Waals surface area (Å²) in [5.41, 5.74) is 0. The lowest BCUT2D eigenvalue weighted by molar-refractivity contribution is 0.101. The number of ether oxygens (including phenoxy) is 1. The van der Waals surface area contributed by atoms with Gasteiger partial charge in [0.25, 0.3) is 0 Å². The van der Waals surface area contributed by atoms with Crippen molar-refractivity contribution in [1.82, 2.24) is 5.32 Å². The molecule has 1 aliphatic heterocycles. The van der Waals surface area contributed by atoms with Gasteiger partial charge in [0.2, 0.25) is 0 Å². The van der Waals surface area contributed by atoms with Crippen molar-refractivity contribution >= 4 is 11.3 Å². The van der Waals surface area contributed by atoms with Crippen molar-refractivity contribution in [2.45, 2.75) is 64.5 Å². The van der Waals surface area contributed by atoms with Gasteiger partial charge in [-0.25, -0.2) is 0 Å². The van der Waals surface area contributed by atoms with Crippen LogP contribution in [0.1, 0.15) is 61.7 Å². The largest absolute Gasteiger partial charge is 0.378 e. The molecule has 0 radical (unpaired) electrons. The molecule has 1 N–H and O–H groups in total. The molecule has 108 valence electrons. The van der Waals surface area contributed by atoms with Gasteiger partial charge in [-0.1, -0.05) is 13.8 Å². The molecule has 19 heavy (non-hydrogen) atoms. The summed E-state index contributed by atoms with van der Waals surface area (Å²) in [5, 5.41) is 3.63. The number of hydrogen-bond donors (Lipinski definition) is 1. The first-order valence-electron chi connectivity index (χ1n) is 7.77.